The second-order valence-electron chi connectivity index (χ2n) is 8.64. The van der Waals surface area contributed by atoms with Gasteiger partial charge in [0.25, 0.3) is 5.91 Å². The molecule has 3 aromatic carbocycles. The minimum atomic E-state index is -0.867. The highest BCUT2D eigenvalue weighted by Gasteiger charge is 2.45. The monoisotopic (exact) mass is 516 g/mol. The van der Waals surface area contributed by atoms with E-state index in [2.05, 4.69) is 5.16 Å². The SMILES string of the molecule is Cc1cc(N2C(=O)c3oc4ccc(F)cc4c(=O)c3[C@H]2c2ccc(OCc3ccccc3Cl)cc2)no1. The molecule has 9 heteroatoms. The number of halogens is 2. The molecule has 0 bridgehead atoms. The van der Waals surface area contributed by atoms with Gasteiger partial charge in [-0.1, -0.05) is 47.1 Å². The van der Waals surface area contributed by atoms with Crippen LogP contribution < -0.4 is 15.1 Å². The number of fused-ring (bicyclic) bond motifs is 2. The van der Waals surface area contributed by atoms with Gasteiger partial charge in [0.1, 0.15) is 29.5 Å². The highest BCUT2D eigenvalue weighted by atomic mass is 35.5. The van der Waals surface area contributed by atoms with Crippen molar-refractivity contribution in [3.8, 4) is 5.75 Å². The van der Waals surface area contributed by atoms with Gasteiger partial charge in [-0.15, -0.1) is 0 Å². The van der Waals surface area contributed by atoms with E-state index in [1.807, 2.05) is 18.2 Å². The second kappa shape index (κ2) is 8.90. The van der Waals surface area contributed by atoms with Crippen LogP contribution in [0.25, 0.3) is 11.0 Å². The number of hydrogen-bond donors (Lipinski definition) is 0. The molecule has 3 heterocycles. The average molecular weight is 517 g/mol. The van der Waals surface area contributed by atoms with Gasteiger partial charge in [-0.05, 0) is 48.9 Å². The Balaban J connectivity index is 1.43. The molecule has 0 saturated carbocycles. The molecule has 37 heavy (non-hydrogen) atoms. The van der Waals surface area contributed by atoms with Crippen LogP contribution >= 0.6 is 11.6 Å². The number of nitrogens with zero attached hydrogens (tertiary/aromatic N) is 2. The fraction of sp³-hybridized carbons (Fsp3) is 0.107. The van der Waals surface area contributed by atoms with Crippen LogP contribution in [0.3, 0.4) is 0 Å². The molecule has 0 spiro atoms. The lowest BCUT2D eigenvalue weighted by Gasteiger charge is -2.22. The van der Waals surface area contributed by atoms with Crippen LogP contribution in [0.1, 0.15) is 39.0 Å². The first-order valence-corrected chi connectivity index (χ1v) is 11.8. The van der Waals surface area contributed by atoms with Crippen molar-refractivity contribution in [2.24, 2.45) is 0 Å². The zero-order chi connectivity index (χ0) is 25.7. The standard InChI is InChI=1S/C28H18ClFN2O5/c1-15-12-23(31-37-15)32-25(16-6-9-19(10-7-16)35-14-17-4-2-3-5-21(17)29)24-26(33)20-13-18(30)8-11-22(20)36-27(24)28(32)34/h2-13,25H,14H2,1H3/t25-/m1/s1. The van der Waals surface area contributed by atoms with Crippen molar-refractivity contribution in [1.29, 1.82) is 0 Å². The summed E-state index contributed by atoms with van der Waals surface area (Å²) in [6, 6.07) is 18.7. The predicted octanol–water partition coefficient (Wildman–Crippen LogP) is 6.21. The lowest BCUT2D eigenvalue weighted by molar-refractivity contribution is 0.0969. The van der Waals surface area contributed by atoms with Gasteiger partial charge in [0.15, 0.2) is 11.2 Å². The van der Waals surface area contributed by atoms with Crippen molar-refractivity contribution in [3.05, 3.63) is 122 Å². The Morgan fingerprint density at radius 3 is 2.57 bits per heavy atom. The number of aromatic nitrogens is 1. The van der Waals surface area contributed by atoms with Crippen LogP contribution in [0.2, 0.25) is 5.02 Å². The maximum absolute atomic E-state index is 14.0. The largest absolute Gasteiger partial charge is 0.489 e. The van der Waals surface area contributed by atoms with E-state index in [0.29, 0.717) is 22.1 Å². The molecule has 5 aromatic rings. The van der Waals surface area contributed by atoms with Crippen LogP contribution in [0, 0.1) is 12.7 Å². The normalized spacial score (nSPS) is 14.8. The summed E-state index contributed by atoms with van der Waals surface area (Å²) in [5, 5.41) is 4.65. The molecular weight excluding hydrogens is 499 g/mol. The number of anilines is 1. The molecule has 6 rings (SSSR count). The molecule has 1 aliphatic heterocycles. The van der Waals surface area contributed by atoms with Gasteiger partial charge in [0.2, 0.25) is 5.76 Å². The number of rotatable bonds is 5. The molecule has 0 fully saturated rings. The predicted molar refractivity (Wildman–Crippen MR) is 135 cm³/mol. The summed E-state index contributed by atoms with van der Waals surface area (Å²) in [7, 11) is 0. The van der Waals surface area contributed by atoms with E-state index >= 15 is 0 Å². The van der Waals surface area contributed by atoms with Gasteiger partial charge in [0, 0.05) is 16.7 Å². The molecule has 1 atom stereocenters. The van der Waals surface area contributed by atoms with E-state index in [1.165, 1.54) is 17.0 Å². The Morgan fingerprint density at radius 2 is 1.84 bits per heavy atom. The van der Waals surface area contributed by atoms with Crippen molar-refractivity contribution in [2.75, 3.05) is 4.90 Å². The van der Waals surface area contributed by atoms with Crippen LogP contribution in [-0.4, -0.2) is 11.1 Å². The van der Waals surface area contributed by atoms with Crippen molar-refractivity contribution in [3.63, 3.8) is 0 Å². The first kappa shape index (κ1) is 23.0. The molecule has 0 unspecified atom stereocenters. The zero-order valence-corrected chi connectivity index (χ0v) is 20.2. The molecule has 1 aliphatic rings. The van der Waals surface area contributed by atoms with E-state index in [4.69, 9.17) is 25.3 Å². The quantitative estimate of drug-likeness (QED) is 0.276. The van der Waals surface area contributed by atoms with Gasteiger partial charge < -0.3 is 13.7 Å². The molecule has 7 nitrogen and oxygen atoms in total. The van der Waals surface area contributed by atoms with Crippen LogP contribution in [0.15, 0.2) is 86.5 Å². The van der Waals surface area contributed by atoms with Crippen LogP contribution in [0.4, 0.5) is 10.2 Å². The minimum Gasteiger partial charge on any atom is -0.489 e. The molecule has 184 valence electrons. The number of ether oxygens (including phenoxy) is 1. The maximum Gasteiger partial charge on any atom is 0.296 e. The summed E-state index contributed by atoms with van der Waals surface area (Å²) >= 11 is 6.21. The summed E-state index contributed by atoms with van der Waals surface area (Å²) in [5.41, 5.74) is 1.19. The van der Waals surface area contributed by atoms with E-state index in [1.54, 1.807) is 43.3 Å². The summed E-state index contributed by atoms with van der Waals surface area (Å²) in [6.07, 6.45) is 0. The van der Waals surface area contributed by atoms with E-state index in [9.17, 15) is 14.0 Å². The minimum absolute atomic E-state index is 0.0504. The van der Waals surface area contributed by atoms with Crippen LogP contribution in [0.5, 0.6) is 5.75 Å². The first-order chi connectivity index (χ1) is 17.9. The summed E-state index contributed by atoms with van der Waals surface area (Å²) in [4.78, 5) is 28.4. The lowest BCUT2D eigenvalue weighted by Crippen LogP contribution is -2.29. The number of carbonyl (C=O) groups is 1. The highest BCUT2D eigenvalue weighted by Crippen LogP contribution is 2.41. The first-order valence-electron chi connectivity index (χ1n) is 11.4. The molecular formula is C28H18ClFN2O5. The third-order valence-electron chi connectivity index (χ3n) is 6.24. The summed E-state index contributed by atoms with van der Waals surface area (Å²) in [5.74, 6) is 0.0543. The summed E-state index contributed by atoms with van der Waals surface area (Å²) < 4.78 is 30.9. The number of aryl methyl sites for hydroxylation is 1. The topological polar surface area (TPSA) is 85.8 Å². The van der Waals surface area contributed by atoms with Gasteiger partial charge in [-0.2, -0.15) is 0 Å². The molecule has 2 aromatic heterocycles. The molecule has 0 aliphatic carbocycles. The molecule has 0 radical (unpaired) electrons. The van der Waals surface area contributed by atoms with Gasteiger partial charge in [-0.3, -0.25) is 14.5 Å². The Morgan fingerprint density at radius 1 is 1.05 bits per heavy atom. The van der Waals surface area contributed by atoms with Gasteiger partial charge in [-0.25, -0.2) is 4.39 Å². The lowest BCUT2D eigenvalue weighted by atomic mass is 9.98. The fourth-order valence-electron chi connectivity index (χ4n) is 4.49. The number of carbonyl (C=O) groups excluding carboxylic acids is 1. The number of amides is 1. The number of benzene rings is 3. The van der Waals surface area contributed by atoms with Crippen molar-refractivity contribution in [1.82, 2.24) is 5.16 Å². The molecule has 0 N–H and O–H groups in total. The Kier molecular flexibility index (Phi) is 5.53. The Labute approximate surface area is 214 Å². The molecule has 0 saturated heterocycles. The van der Waals surface area contributed by atoms with Crippen LogP contribution in [-0.2, 0) is 6.61 Å². The second-order valence-corrected chi connectivity index (χ2v) is 9.04. The smallest absolute Gasteiger partial charge is 0.296 e. The Hall–Kier alpha value is -4.43. The van der Waals surface area contributed by atoms with Gasteiger partial charge >= 0.3 is 0 Å². The van der Waals surface area contributed by atoms with Crippen molar-refractivity contribution >= 4 is 34.3 Å². The van der Waals surface area contributed by atoms with Crippen molar-refractivity contribution < 1.29 is 22.9 Å². The zero-order valence-electron chi connectivity index (χ0n) is 19.4. The third-order valence-corrected chi connectivity index (χ3v) is 6.61. The fourth-order valence-corrected chi connectivity index (χ4v) is 4.68. The van der Waals surface area contributed by atoms with E-state index in [0.717, 1.165) is 11.6 Å². The Bertz CT molecular complexity index is 1730. The van der Waals surface area contributed by atoms with Gasteiger partial charge in [0.05, 0.1) is 17.0 Å². The van der Waals surface area contributed by atoms with Crippen molar-refractivity contribution in [2.45, 2.75) is 19.6 Å². The number of hydrogen-bond acceptors (Lipinski definition) is 6. The molecule has 1 amide bonds. The van der Waals surface area contributed by atoms with E-state index < -0.39 is 23.2 Å². The average Bonchev–Trinajstić information content (AvgIpc) is 3.45. The summed E-state index contributed by atoms with van der Waals surface area (Å²) in [6.45, 7) is 1.97. The van der Waals surface area contributed by atoms with E-state index in [-0.39, 0.29) is 34.7 Å². The maximum atomic E-state index is 14.0. The highest BCUT2D eigenvalue weighted by molar-refractivity contribution is 6.31. The third kappa shape index (κ3) is 3.95.